The van der Waals surface area contributed by atoms with Crippen LogP contribution in [0.5, 0.6) is 0 Å². The molecule has 0 spiro atoms. The molecule has 0 unspecified atom stereocenters. The van der Waals surface area contributed by atoms with Gasteiger partial charge in [0.25, 0.3) is 5.91 Å². The standard InChI is InChI=1S/C16H13ClN4O/c1-21-10-13(9-19-21)11-6-12(8-18-7-11)16(22)20-15-4-2-14(17)3-5-15/h2-10H,1H3,(H,20,22). The normalized spacial score (nSPS) is 10.5. The second-order valence-electron chi connectivity index (χ2n) is 4.83. The van der Waals surface area contributed by atoms with E-state index in [1.54, 1.807) is 47.4 Å². The molecule has 0 radical (unpaired) electrons. The van der Waals surface area contributed by atoms with Gasteiger partial charge in [-0.3, -0.25) is 14.5 Å². The molecule has 5 nitrogen and oxygen atoms in total. The molecule has 0 aliphatic rings. The topological polar surface area (TPSA) is 59.8 Å². The lowest BCUT2D eigenvalue weighted by Gasteiger charge is -2.06. The highest BCUT2D eigenvalue weighted by Gasteiger charge is 2.09. The number of nitrogens with zero attached hydrogens (tertiary/aromatic N) is 3. The summed E-state index contributed by atoms with van der Waals surface area (Å²) in [5.74, 6) is -0.222. The van der Waals surface area contributed by atoms with Crippen LogP contribution in [0.3, 0.4) is 0 Å². The first-order valence-electron chi connectivity index (χ1n) is 6.63. The number of carbonyl (C=O) groups excluding carboxylic acids is 1. The molecule has 1 aromatic carbocycles. The molecular formula is C16H13ClN4O. The minimum Gasteiger partial charge on any atom is -0.322 e. The van der Waals surface area contributed by atoms with Crippen LogP contribution in [0.25, 0.3) is 11.1 Å². The highest BCUT2D eigenvalue weighted by atomic mass is 35.5. The number of hydrogen-bond acceptors (Lipinski definition) is 3. The average molecular weight is 313 g/mol. The zero-order valence-electron chi connectivity index (χ0n) is 11.8. The third kappa shape index (κ3) is 3.15. The van der Waals surface area contributed by atoms with Crippen molar-refractivity contribution >= 4 is 23.2 Å². The Hall–Kier alpha value is -2.66. The van der Waals surface area contributed by atoms with Crippen LogP contribution < -0.4 is 5.32 Å². The SMILES string of the molecule is Cn1cc(-c2cncc(C(=O)Nc3ccc(Cl)cc3)c2)cn1. The number of rotatable bonds is 3. The lowest BCUT2D eigenvalue weighted by Crippen LogP contribution is -2.12. The molecule has 6 heteroatoms. The van der Waals surface area contributed by atoms with Gasteiger partial charge in [0, 0.05) is 47.5 Å². The van der Waals surface area contributed by atoms with E-state index < -0.39 is 0 Å². The molecule has 2 aromatic heterocycles. The van der Waals surface area contributed by atoms with E-state index in [1.807, 2.05) is 13.2 Å². The molecule has 1 N–H and O–H groups in total. The van der Waals surface area contributed by atoms with E-state index in [9.17, 15) is 4.79 Å². The molecule has 0 atom stereocenters. The Morgan fingerprint density at radius 3 is 2.59 bits per heavy atom. The van der Waals surface area contributed by atoms with Gasteiger partial charge in [0.15, 0.2) is 0 Å². The van der Waals surface area contributed by atoms with Gasteiger partial charge in [0.2, 0.25) is 0 Å². The summed E-state index contributed by atoms with van der Waals surface area (Å²) in [6.45, 7) is 0. The third-order valence-corrected chi connectivity index (χ3v) is 3.39. The predicted molar refractivity (Wildman–Crippen MR) is 85.8 cm³/mol. The summed E-state index contributed by atoms with van der Waals surface area (Å²) in [5.41, 5.74) is 2.92. The van der Waals surface area contributed by atoms with Gasteiger partial charge < -0.3 is 5.32 Å². The zero-order chi connectivity index (χ0) is 15.5. The molecule has 0 saturated heterocycles. The van der Waals surface area contributed by atoms with Crippen LogP contribution in [0.1, 0.15) is 10.4 Å². The Labute approximate surface area is 132 Å². The summed E-state index contributed by atoms with van der Waals surface area (Å²) in [5, 5.41) is 7.55. The van der Waals surface area contributed by atoms with E-state index in [0.29, 0.717) is 16.3 Å². The molecule has 0 aliphatic carbocycles. The fourth-order valence-electron chi connectivity index (χ4n) is 2.03. The van der Waals surface area contributed by atoms with Crippen molar-refractivity contribution in [3.8, 4) is 11.1 Å². The Morgan fingerprint density at radius 1 is 1.14 bits per heavy atom. The Balaban J connectivity index is 1.82. The minimum absolute atomic E-state index is 0.222. The Bertz CT molecular complexity index is 811. The fourth-order valence-corrected chi connectivity index (χ4v) is 2.15. The van der Waals surface area contributed by atoms with Crippen LogP contribution in [0.4, 0.5) is 5.69 Å². The summed E-state index contributed by atoms with van der Waals surface area (Å²) in [6, 6.07) is 8.73. The highest BCUT2D eigenvalue weighted by molar-refractivity contribution is 6.30. The third-order valence-electron chi connectivity index (χ3n) is 3.14. The molecule has 22 heavy (non-hydrogen) atoms. The maximum atomic E-state index is 12.3. The van der Waals surface area contributed by atoms with E-state index >= 15 is 0 Å². The largest absolute Gasteiger partial charge is 0.322 e. The molecule has 1 amide bonds. The van der Waals surface area contributed by atoms with Gasteiger partial charge in [-0.05, 0) is 30.3 Å². The quantitative estimate of drug-likeness (QED) is 0.806. The Kier molecular flexibility index (Phi) is 3.89. The molecule has 0 aliphatic heterocycles. The van der Waals surface area contributed by atoms with Crippen LogP contribution in [0.15, 0.2) is 55.1 Å². The minimum atomic E-state index is -0.222. The van der Waals surface area contributed by atoms with E-state index in [4.69, 9.17) is 11.6 Å². The number of aromatic nitrogens is 3. The number of hydrogen-bond donors (Lipinski definition) is 1. The van der Waals surface area contributed by atoms with E-state index in [-0.39, 0.29) is 5.91 Å². The monoisotopic (exact) mass is 312 g/mol. The maximum absolute atomic E-state index is 12.3. The second-order valence-corrected chi connectivity index (χ2v) is 5.26. The number of anilines is 1. The van der Waals surface area contributed by atoms with Crippen molar-refractivity contribution in [1.82, 2.24) is 14.8 Å². The average Bonchev–Trinajstić information content (AvgIpc) is 2.96. The van der Waals surface area contributed by atoms with E-state index in [0.717, 1.165) is 11.1 Å². The number of pyridine rings is 1. The molecule has 110 valence electrons. The van der Waals surface area contributed by atoms with Gasteiger partial charge in [-0.15, -0.1) is 0 Å². The van der Waals surface area contributed by atoms with Gasteiger partial charge in [0.05, 0.1) is 11.8 Å². The van der Waals surface area contributed by atoms with Gasteiger partial charge in [-0.25, -0.2) is 0 Å². The van der Waals surface area contributed by atoms with Crippen LogP contribution in [-0.4, -0.2) is 20.7 Å². The number of amides is 1. The molecule has 0 bridgehead atoms. The number of aryl methyl sites for hydroxylation is 1. The fraction of sp³-hybridized carbons (Fsp3) is 0.0625. The van der Waals surface area contributed by atoms with Gasteiger partial charge in [-0.1, -0.05) is 11.6 Å². The van der Waals surface area contributed by atoms with E-state index in [2.05, 4.69) is 15.4 Å². The first kappa shape index (κ1) is 14.3. The lowest BCUT2D eigenvalue weighted by atomic mass is 10.1. The summed E-state index contributed by atoms with van der Waals surface area (Å²) in [4.78, 5) is 16.4. The van der Waals surface area contributed by atoms with Crippen molar-refractivity contribution in [2.75, 3.05) is 5.32 Å². The Morgan fingerprint density at radius 2 is 1.91 bits per heavy atom. The predicted octanol–water partition coefficient (Wildman–Crippen LogP) is 3.39. The van der Waals surface area contributed by atoms with Crippen LogP contribution in [0, 0.1) is 0 Å². The lowest BCUT2D eigenvalue weighted by molar-refractivity contribution is 0.102. The summed E-state index contributed by atoms with van der Waals surface area (Å²) < 4.78 is 1.70. The van der Waals surface area contributed by atoms with Crippen molar-refractivity contribution in [2.45, 2.75) is 0 Å². The highest BCUT2D eigenvalue weighted by Crippen LogP contribution is 2.19. The maximum Gasteiger partial charge on any atom is 0.257 e. The van der Waals surface area contributed by atoms with Crippen molar-refractivity contribution in [2.24, 2.45) is 7.05 Å². The van der Waals surface area contributed by atoms with Crippen molar-refractivity contribution in [3.63, 3.8) is 0 Å². The summed E-state index contributed by atoms with van der Waals surface area (Å²) in [6.07, 6.45) is 6.84. The van der Waals surface area contributed by atoms with Gasteiger partial charge in [-0.2, -0.15) is 5.10 Å². The van der Waals surface area contributed by atoms with Gasteiger partial charge >= 0.3 is 0 Å². The molecular weight excluding hydrogens is 300 g/mol. The van der Waals surface area contributed by atoms with Crippen molar-refractivity contribution < 1.29 is 4.79 Å². The first-order valence-corrected chi connectivity index (χ1v) is 7.00. The number of halogens is 1. The zero-order valence-corrected chi connectivity index (χ0v) is 12.6. The number of nitrogens with one attached hydrogen (secondary N) is 1. The smallest absolute Gasteiger partial charge is 0.257 e. The van der Waals surface area contributed by atoms with Gasteiger partial charge in [0.1, 0.15) is 0 Å². The van der Waals surface area contributed by atoms with Crippen LogP contribution >= 0.6 is 11.6 Å². The molecule has 0 saturated carbocycles. The summed E-state index contributed by atoms with van der Waals surface area (Å²) >= 11 is 5.83. The number of carbonyl (C=O) groups is 1. The summed E-state index contributed by atoms with van der Waals surface area (Å²) in [7, 11) is 1.84. The van der Waals surface area contributed by atoms with Crippen LogP contribution in [0.2, 0.25) is 5.02 Å². The van der Waals surface area contributed by atoms with Crippen molar-refractivity contribution in [1.29, 1.82) is 0 Å². The molecule has 3 aromatic rings. The number of benzene rings is 1. The molecule has 0 fully saturated rings. The van der Waals surface area contributed by atoms with Crippen molar-refractivity contribution in [3.05, 3.63) is 65.7 Å². The molecule has 3 rings (SSSR count). The first-order chi connectivity index (χ1) is 10.6. The molecule has 2 heterocycles. The van der Waals surface area contributed by atoms with Crippen LogP contribution in [-0.2, 0) is 7.05 Å². The second kappa shape index (κ2) is 5.99. The van der Waals surface area contributed by atoms with E-state index in [1.165, 1.54) is 6.20 Å².